The zero-order valence-corrected chi connectivity index (χ0v) is 22.3. The van der Waals surface area contributed by atoms with Crippen molar-refractivity contribution >= 4 is 32.9 Å². The van der Waals surface area contributed by atoms with Crippen LogP contribution in [0.5, 0.6) is 5.75 Å². The van der Waals surface area contributed by atoms with Crippen molar-refractivity contribution in [2.75, 3.05) is 13.7 Å². The number of rotatable bonds is 3. The van der Waals surface area contributed by atoms with Gasteiger partial charge in [-0.2, -0.15) is 5.26 Å². The Kier molecular flexibility index (Phi) is 6.56. The van der Waals surface area contributed by atoms with E-state index in [2.05, 4.69) is 15.9 Å². The summed E-state index contributed by atoms with van der Waals surface area (Å²) < 4.78 is 27.2. The van der Waals surface area contributed by atoms with Crippen molar-refractivity contribution in [3.63, 3.8) is 0 Å². The molecule has 0 radical (unpaired) electrons. The highest BCUT2D eigenvalue weighted by Gasteiger charge is 2.46. The topological polar surface area (TPSA) is 97.4 Å². The maximum atomic E-state index is 14.8. The minimum atomic E-state index is -1.03. The Bertz CT molecular complexity index is 1470. The quantitative estimate of drug-likeness (QED) is 0.427. The highest BCUT2D eigenvalue weighted by atomic mass is 79.9. The van der Waals surface area contributed by atoms with E-state index in [0.717, 1.165) is 0 Å². The van der Waals surface area contributed by atoms with Crippen molar-refractivity contribution in [1.29, 1.82) is 5.26 Å². The molecule has 0 bridgehead atoms. The first-order valence-electron chi connectivity index (χ1n) is 11.4. The second-order valence-electron chi connectivity index (χ2n) is 9.87. The number of amides is 1. The lowest BCUT2D eigenvalue weighted by atomic mass is 9.96. The summed E-state index contributed by atoms with van der Waals surface area (Å²) in [4.78, 5) is 33.6. The Morgan fingerprint density at radius 3 is 2.61 bits per heavy atom. The lowest BCUT2D eigenvalue weighted by molar-refractivity contribution is 0.00816. The fourth-order valence-corrected chi connectivity index (χ4v) is 5.06. The summed E-state index contributed by atoms with van der Waals surface area (Å²) >= 11 is 3.43. The second-order valence-corrected chi connectivity index (χ2v) is 10.7. The molecule has 0 N–H and O–H groups in total. The van der Waals surface area contributed by atoms with Crippen molar-refractivity contribution in [3.05, 3.63) is 62.4 Å². The summed E-state index contributed by atoms with van der Waals surface area (Å²) in [5.74, 6) is -0.363. The normalized spacial score (nSPS) is 17.8. The highest BCUT2D eigenvalue weighted by Crippen LogP contribution is 2.40. The second kappa shape index (κ2) is 9.21. The molecule has 2 aromatic carbocycles. The summed E-state index contributed by atoms with van der Waals surface area (Å²) in [6.45, 7) is 7.59. The van der Waals surface area contributed by atoms with Gasteiger partial charge in [-0.1, -0.05) is 0 Å². The highest BCUT2D eigenvalue weighted by molar-refractivity contribution is 9.10. The zero-order chi connectivity index (χ0) is 26.4. The van der Waals surface area contributed by atoms with Crippen LogP contribution < -0.4 is 10.3 Å². The van der Waals surface area contributed by atoms with Crippen molar-refractivity contribution in [3.8, 4) is 17.5 Å². The van der Waals surface area contributed by atoms with Crippen LogP contribution in [0.4, 0.5) is 9.18 Å². The minimum absolute atomic E-state index is 0.0269. The van der Waals surface area contributed by atoms with Crippen LogP contribution in [0.25, 0.3) is 16.6 Å². The van der Waals surface area contributed by atoms with E-state index in [0.29, 0.717) is 29.4 Å². The van der Waals surface area contributed by atoms with E-state index in [1.165, 1.54) is 29.9 Å². The third-order valence-electron chi connectivity index (χ3n) is 6.19. The zero-order valence-electron chi connectivity index (χ0n) is 20.7. The van der Waals surface area contributed by atoms with Gasteiger partial charge in [0.25, 0.3) is 5.56 Å². The summed E-state index contributed by atoms with van der Waals surface area (Å²) in [6, 6.07) is 9.25. The van der Waals surface area contributed by atoms with E-state index in [-0.39, 0.29) is 28.2 Å². The number of hydrogen-bond acceptors (Lipinski definition) is 6. The Labute approximate surface area is 216 Å². The van der Waals surface area contributed by atoms with E-state index in [1.54, 1.807) is 37.8 Å². The molecule has 1 atom stereocenters. The van der Waals surface area contributed by atoms with Gasteiger partial charge in [-0.15, -0.1) is 0 Å². The lowest BCUT2D eigenvalue weighted by Crippen LogP contribution is -2.48. The first-order chi connectivity index (χ1) is 16.9. The molecule has 4 rings (SSSR count). The number of fused-ring (bicyclic) bond motifs is 1. The van der Waals surface area contributed by atoms with Crippen LogP contribution in [0.3, 0.4) is 0 Å². The number of halogens is 2. The van der Waals surface area contributed by atoms with E-state index in [4.69, 9.17) is 14.5 Å². The predicted molar refractivity (Wildman–Crippen MR) is 136 cm³/mol. The lowest BCUT2D eigenvalue weighted by Gasteiger charge is -2.37. The third-order valence-corrected chi connectivity index (χ3v) is 6.79. The SMILES string of the molecule is COc1ccc(-n2c([C@@]3(C)CCCN3C(=O)OC(C)(C)C)nc3c(Br)cc(C#N)cc3c2=O)cc1F. The molecule has 1 aliphatic heterocycles. The van der Waals surface area contributed by atoms with Crippen LogP contribution in [0.1, 0.15) is 51.9 Å². The predicted octanol–water partition coefficient (Wildman–Crippen LogP) is 5.41. The Morgan fingerprint density at radius 2 is 2.00 bits per heavy atom. The maximum absolute atomic E-state index is 14.8. The van der Waals surface area contributed by atoms with E-state index >= 15 is 0 Å². The molecule has 1 aliphatic rings. The van der Waals surface area contributed by atoms with E-state index < -0.39 is 28.6 Å². The van der Waals surface area contributed by atoms with Crippen molar-refractivity contribution < 1.29 is 18.7 Å². The van der Waals surface area contributed by atoms with Gasteiger partial charge in [-0.25, -0.2) is 14.2 Å². The fraction of sp³-hybridized carbons (Fsp3) is 0.385. The standard InChI is InChI=1S/C26H26BrFN4O4/c1-25(2,3)36-24(34)31-10-6-9-26(31,4)23-30-21-17(11-15(14-29)12-18(21)27)22(33)32(23)16-7-8-20(35-5)19(28)13-16/h7-8,11-13H,6,9-10H2,1-5H3/t26-/m1/s1. The van der Waals surface area contributed by atoms with Gasteiger partial charge >= 0.3 is 6.09 Å². The van der Waals surface area contributed by atoms with Crippen LogP contribution in [0.2, 0.25) is 0 Å². The number of hydrogen-bond donors (Lipinski definition) is 0. The molecule has 188 valence electrons. The van der Waals surface area contributed by atoms with Gasteiger partial charge < -0.3 is 9.47 Å². The van der Waals surface area contributed by atoms with Gasteiger partial charge in [0, 0.05) is 17.1 Å². The average molecular weight is 557 g/mol. The number of likely N-dealkylation sites (tertiary alicyclic amines) is 1. The van der Waals surface area contributed by atoms with Gasteiger partial charge in [-0.05, 0) is 80.7 Å². The molecular formula is C26H26BrFN4O4. The molecule has 1 aromatic heterocycles. The van der Waals surface area contributed by atoms with Gasteiger partial charge in [0.1, 0.15) is 17.0 Å². The van der Waals surface area contributed by atoms with Crippen LogP contribution in [-0.4, -0.2) is 39.8 Å². The first kappa shape index (κ1) is 25.6. The van der Waals surface area contributed by atoms with Gasteiger partial charge in [0.05, 0.1) is 35.3 Å². The fourth-order valence-electron chi connectivity index (χ4n) is 4.51. The summed E-state index contributed by atoms with van der Waals surface area (Å²) in [7, 11) is 1.35. The van der Waals surface area contributed by atoms with Gasteiger partial charge in [0.15, 0.2) is 11.6 Å². The summed E-state index contributed by atoms with van der Waals surface area (Å²) in [6.07, 6.45) is 0.648. The molecule has 1 amide bonds. The van der Waals surface area contributed by atoms with E-state index in [9.17, 15) is 19.2 Å². The first-order valence-corrected chi connectivity index (χ1v) is 12.2. The minimum Gasteiger partial charge on any atom is -0.494 e. The molecule has 3 aromatic rings. The number of carbonyl (C=O) groups excluding carboxylic acids is 1. The molecule has 36 heavy (non-hydrogen) atoms. The Morgan fingerprint density at radius 1 is 1.28 bits per heavy atom. The molecule has 0 unspecified atom stereocenters. The Hall–Kier alpha value is -3.45. The number of nitriles is 1. The molecule has 10 heteroatoms. The molecule has 2 heterocycles. The molecule has 1 saturated heterocycles. The molecule has 0 saturated carbocycles. The van der Waals surface area contributed by atoms with Crippen LogP contribution in [-0.2, 0) is 10.3 Å². The van der Waals surface area contributed by atoms with Gasteiger partial charge in [0.2, 0.25) is 0 Å². The average Bonchev–Trinajstić information content (AvgIpc) is 3.20. The van der Waals surface area contributed by atoms with Crippen LogP contribution in [0, 0.1) is 17.1 Å². The number of methoxy groups -OCH3 is 1. The van der Waals surface area contributed by atoms with Crippen LogP contribution in [0.15, 0.2) is 39.6 Å². The largest absolute Gasteiger partial charge is 0.494 e. The third kappa shape index (κ3) is 4.44. The number of nitrogens with zero attached hydrogens (tertiary/aromatic N) is 4. The van der Waals surface area contributed by atoms with Crippen LogP contribution >= 0.6 is 15.9 Å². The molecule has 0 aliphatic carbocycles. The Balaban J connectivity index is 2.04. The number of aromatic nitrogens is 2. The number of benzene rings is 2. The molecule has 1 fully saturated rings. The molecule has 0 spiro atoms. The summed E-state index contributed by atoms with van der Waals surface area (Å²) in [5.41, 5.74) is -1.40. The van der Waals surface area contributed by atoms with Crippen molar-refractivity contribution in [1.82, 2.24) is 14.5 Å². The van der Waals surface area contributed by atoms with Crippen molar-refractivity contribution in [2.45, 2.75) is 51.7 Å². The number of ether oxygens (including phenoxy) is 2. The van der Waals surface area contributed by atoms with Gasteiger partial charge in [-0.3, -0.25) is 14.3 Å². The smallest absolute Gasteiger partial charge is 0.411 e. The number of carbonyl (C=O) groups is 1. The van der Waals surface area contributed by atoms with Crippen molar-refractivity contribution in [2.24, 2.45) is 0 Å². The summed E-state index contributed by atoms with van der Waals surface area (Å²) in [5, 5.41) is 9.61. The monoisotopic (exact) mass is 556 g/mol. The van der Waals surface area contributed by atoms with E-state index in [1.807, 2.05) is 13.0 Å². The molecule has 8 nitrogen and oxygen atoms in total. The maximum Gasteiger partial charge on any atom is 0.411 e. The molecular weight excluding hydrogens is 531 g/mol.